The van der Waals surface area contributed by atoms with Crippen molar-refractivity contribution in [1.82, 2.24) is 4.31 Å². The van der Waals surface area contributed by atoms with E-state index in [1.165, 1.54) is 49.1 Å². The van der Waals surface area contributed by atoms with Gasteiger partial charge in [-0.3, -0.25) is 14.4 Å². The van der Waals surface area contributed by atoms with Crippen molar-refractivity contribution in [2.45, 2.75) is 75.1 Å². The molecule has 2 aliphatic rings. The van der Waals surface area contributed by atoms with Crippen molar-refractivity contribution in [2.75, 3.05) is 45.1 Å². The van der Waals surface area contributed by atoms with Gasteiger partial charge in [-0.25, -0.2) is 13.2 Å². The van der Waals surface area contributed by atoms with E-state index in [1.54, 1.807) is 24.3 Å². The van der Waals surface area contributed by atoms with E-state index < -0.39 is 15.9 Å². The van der Waals surface area contributed by atoms with Gasteiger partial charge in [0, 0.05) is 35.8 Å². The quantitative estimate of drug-likeness (QED) is 0.120. The van der Waals surface area contributed by atoms with Crippen LogP contribution in [-0.4, -0.2) is 77.0 Å². The molecule has 2 aliphatic carbocycles. The van der Waals surface area contributed by atoms with Crippen molar-refractivity contribution in [2.24, 2.45) is 5.92 Å². The first kappa shape index (κ1) is 41.7. The van der Waals surface area contributed by atoms with E-state index in [0.29, 0.717) is 47.5 Å². The molecule has 0 radical (unpaired) electrons. The topological polar surface area (TPSA) is 157 Å². The van der Waals surface area contributed by atoms with Crippen LogP contribution in [0.5, 0.6) is 0 Å². The molecule has 14 heteroatoms. The summed E-state index contributed by atoms with van der Waals surface area (Å²) in [6, 6.07) is 20.6. The number of esters is 2. The Hall–Kier alpha value is -4.89. The number of anilines is 2. The fourth-order valence-electron chi connectivity index (χ4n) is 7.61. The second kappa shape index (κ2) is 19.0. The Morgan fingerprint density at radius 3 is 2.09 bits per heavy atom. The van der Waals surface area contributed by atoms with Crippen LogP contribution in [0.4, 0.5) is 10.7 Å². The zero-order valence-corrected chi connectivity index (χ0v) is 34.1. The van der Waals surface area contributed by atoms with Crippen molar-refractivity contribution < 1.29 is 41.8 Å². The molecule has 0 unspecified atom stereocenters. The number of nitrogens with one attached hydrogen (secondary N) is 2. The number of thiophene rings is 1. The number of rotatable bonds is 15. The fourth-order valence-corrected chi connectivity index (χ4v) is 10.6. The number of nitrogens with zero attached hydrogens (tertiary/aromatic N) is 1. The summed E-state index contributed by atoms with van der Waals surface area (Å²) in [5.74, 6) is -1.76. The number of hydrogen-bond acceptors (Lipinski definition) is 10. The first-order valence-electron chi connectivity index (χ1n) is 19.2. The molecule has 1 aromatic heterocycles. The smallest absolute Gasteiger partial charge is 0.337 e. The third-order valence-corrected chi connectivity index (χ3v) is 13.9. The van der Waals surface area contributed by atoms with E-state index in [-0.39, 0.29) is 53.4 Å². The van der Waals surface area contributed by atoms with Crippen molar-refractivity contribution in [3.63, 3.8) is 0 Å². The van der Waals surface area contributed by atoms with E-state index in [4.69, 9.17) is 14.2 Å². The number of carbonyl (C=O) groups is 4. The van der Waals surface area contributed by atoms with Gasteiger partial charge in [-0.2, -0.15) is 4.31 Å². The number of methoxy groups -OCH3 is 3. The Bertz CT molecular complexity index is 2180. The Balaban J connectivity index is 1.15. The van der Waals surface area contributed by atoms with Crippen LogP contribution in [-0.2, 0) is 54.7 Å². The number of aryl methyl sites for hydroxylation is 3. The van der Waals surface area contributed by atoms with Crippen molar-refractivity contribution >= 4 is 55.8 Å². The third-order valence-electron chi connectivity index (χ3n) is 10.8. The summed E-state index contributed by atoms with van der Waals surface area (Å²) in [6.07, 6.45) is 7.02. The molecule has 1 fully saturated rings. The Labute approximate surface area is 338 Å². The monoisotopic (exact) mass is 815 g/mol. The molecule has 4 aromatic rings. The number of hydrogen-bond donors (Lipinski definition) is 2. The summed E-state index contributed by atoms with van der Waals surface area (Å²) in [4.78, 5) is 52.7. The lowest BCUT2D eigenvalue weighted by molar-refractivity contribution is -0.146. The Morgan fingerprint density at radius 1 is 0.772 bits per heavy atom. The molecular formula is C43H49N3O9S2. The predicted octanol–water partition coefficient (Wildman–Crippen LogP) is 7.07. The second-order valence-electron chi connectivity index (χ2n) is 14.4. The van der Waals surface area contributed by atoms with Crippen molar-refractivity contribution in [3.8, 4) is 0 Å². The van der Waals surface area contributed by atoms with E-state index in [1.807, 2.05) is 36.4 Å². The zero-order valence-electron chi connectivity index (χ0n) is 32.5. The van der Waals surface area contributed by atoms with Crippen molar-refractivity contribution in [1.29, 1.82) is 0 Å². The van der Waals surface area contributed by atoms with Gasteiger partial charge in [0.1, 0.15) is 5.00 Å². The Morgan fingerprint density at radius 2 is 1.44 bits per heavy atom. The highest BCUT2D eigenvalue weighted by atomic mass is 32.2. The molecule has 12 nitrogen and oxygen atoms in total. The molecule has 2 N–H and O–H groups in total. The molecule has 1 saturated carbocycles. The van der Waals surface area contributed by atoms with Gasteiger partial charge < -0.3 is 24.8 Å². The molecule has 57 heavy (non-hydrogen) atoms. The average molecular weight is 816 g/mol. The summed E-state index contributed by atoms with van der Waals surface area (Å²) in [5, 5.41) is 6.40. The molecule has 3 aromatic carbocycles. The number of benzene rings is 3. The molecule has 302 valence electrons. The lowest BCUT2D eigenvalue weighted by atomic mass is 9.86. The molecule has 0 spiro atoms. The number of sulfonamides is 1. The van der Waals surface area contributed by atoms with Crippen LogP contribution in [0, 0.1) is 5.92 Å². The maximum Gasteiger partial charge on any atom is 0.337 e. The number of fused-ring (bicyclic) bond motifs is 1. The lowest BCUT2D eigenvalue weighted by Gasteiger charge is -2.35. The molecule has 0 aliphatic heterocycles. The summed E-state index contributed by atoms with van der Waals surface area (Å²) in [7, 11) is 0.176. The van der Waals surface area contributed by atoms with E-state index >= 15 is 0 Å². The fraction of sp³-hybridized carbons (Fsp3) is 0.395. The summed E-state index contributed by atoms with van der Waals surface area (Å²) in [5.41, 5.74) is 4.80. The van der Waals surface area contributed by atoms with Gasteiger partial charge in [0.25, 0.3) is 11.8 Å². The van der Waals surface area contributed by atoms with Crippen LogP contribution in [0.3, 0.4) is 0 Å². The molecule has 0 saturated heterocycles. The van der Waals surface area contributed by atoms with Crippen LogP contribution < -0.4 is 10.6 Å². The van der Waals surface area contributed by atoms with Crippen molar-refractivity contribution in [3.05, 3.63) is 111 Å². The number of carbonyl (C=O) groups excluding carboxylic acids is 4. The normalized spacial score (nSPS) is 16.7. The minimum absolute atomic E-state index is 0.0234. The van der Waals surface area contributed by atoms with Crippen LogP contribution in [0.2, 0.25) is 0 Å². The van der Waals surface area contributed by atoms with Gasteiger partial charge in [0.2, 0.25) is 10.0 Å². The van der Waals surface area contributed by atoms with Crippen LogP contribution >= 0.6 is 11.3 Å². The Kier molecular flexibility index (Phi) is 13.9. The van der Waals surface area contributed by atoms with E-state index in [0.717, 1.165) is 60.1 Å². The summed E-state index contributed by atoms with van der Waals surface area (Å²) >= 11 is 1.39. The SMILES string of the molecule is COCCN([C@H]1CC[C@H](C(=O)OC)CC1)S(=O)(=O)c1cccc(C(=O)Nc2sc3c(c2C(=O)Nc2ccc(CCc4ccc(C(=O)OC)cc4)cc2)CCCC3)c1. The van der Waals surface area contributed by atoms with E-state index in [2.05, 4.69) is 10.6 Å². The maximum absolute atomic E-state index is 14.1. The average Bonchev–Trinajstić information content (AvgIpc) is 3.61. The van der Waals surface area contributed by atoms with Gasteiger partial charge >= 0.3 is 11.9 Å². The molecule has 6 rings (SSSR count). The van der Waals surface area contributed by atoms with Gasteiger partial charge in [-0.05, 0) is 123 Å². The van der Waals surface area contributed by atoms with Crippen LogP contribution in [0.25, 0.3) is 0 Å². The van der Waals surface area contributed by atoms with Crippen LogP contribution in [0.1, 0.15) is 91.2 Å². The van der Waals surface area contributed by atoms with Gasteiger partial charge in [-0.15, -0.1) is 11.3 Å². The molecule has 0 atom stereocenters. The highest BCUT2D eigenvalue weighted by molar-refractivity contribution is 7.89. The highest BCUT2D eigenvalue weighted by Gasteiger charge is 2.36. The largest absolute Gasteiger partial charge is 0.469 e. The minimum Gasteiger partial charge on any atom is -0.469 e. The second-order valence-corrected chi connectivity index (χ2v) is 17.4. The predicted molar refractivity (Wildman–Crippen MR) is 218 cm³/mol. The highest BCUT2D eigenvalue weighted by Crippen LogP contribution is 2.39. The molecule has 1 heterocycles. The lowest BCUT2D eigenvalue weighted by Crippen LogP contribution is -2.44. The van der Waals surface area contributed by atoms with Crippen LogP contribution in [0.15, 0.2) is 77.7 Å². The summed E-state index contributed by atoms with van der Waals surface area (Å²) < 4.78 is 44.6. The third kappa shape index (κ3) is 9.98. The standard InChI is InChI=1S/C43H49N3O9S2/c1-53-26-25-46(34-23-19-31(20-24-34)43(50)55-3)57(51,52)35-8-6-7-32(27-35)39(47)45-41-38(36-9-4-5-10-37(36)56-41)40(48)44-33-21-15-29(16-22-33)12-11-28-13-17-30(18-14-28)42(49)54-2/h6-8,13-18,21-22,27,31,34H,4-5,9-12,19-20,23-26H2,1-3H3,(H,44,48)(H,45,47)/t31-,34-. The first-order chi connectivity index (χ1) is 27.5. The zero-order chi connectivity index (χ0) is 40.5. The molecular weight excluding hydrogens is 767 g/mol. The number of amides is 2. The first-order valence-corrected chi connectivity index (χ1v) is 21.5. The maximum atomic E-state index is 14.1. The van der Waals surface area contributed by atoms with Gasteiger partial charge in [-0.1, -0.05) is 30.3 Å². The van der Waals surface area contributed by atoms with Gasteiger partial charge in [0.15, 0.2) is 0 Å². The summed E-state index contributed by atoms with van der Waals surface area (Å²) in [6.45, 7) is 0.309. The van der Waals surface area contributed by atoms with E-state index in [9.17, 15) is 27.6 Å². The molecule has 2 amide bonds. The molecule has 0 bridgehead atoms. The van der Waals surface area contributed by atoms with Gasteiger partial charge in [0.05, 0.1) is 42.8 Å². The number of ether oxygens (including phenoxy) is 3. The minimum atomic E-state index is -4.05.